The Bertz CT molecular complexity index is 531. The van der Waals surface area contributed by atoms with E-state index >= 15 is 0 Å². The van der Waals surface area contributed by atoms with Gasteiger partial charge < -0.3 is 10.0 Å². The molecular formula is C13H16N2O5. The van der Waals surface area contributed by atoms with Gasteiger partial charge in [0.05, 0.1) is 4.92 Å². The van der Waals surface area contributed by atoms with Gasteiger partial charge in [-0.25, -0.2) is 0 Å². The van der Waals surface area contributed by atoms with Gasteiger partial charge in [0.15, 0.2) is 0 Å². The smallest absolute Gasteiger partial charge is 0.323 e. The summed E-state index contributed by atoms with van der Waals surface area (Å²) in [5.41, 5.74) is -0.578. The largest absolute Gasteiger partial charge is 0.480 e. The van der Waals surface area contributed by atoms with Crippen LogP contribution in [0.4, 0.5) is 5.69 Å². The monoisotopic (exact) mass is 280 g/mol. The van der Waals surface area contributed by atoms with Gasteiger partial charge in [-0.05, 0) is 32.9 Å². The summed E-state index contributed by atoms with van der Waals surface area (Å²) in [7, 11) is 0. The molecule has 0 aliphatic carbocycles. The number of aliphatic carboxylic acids is 1. The second kappa shape index (κ2) is 5.68. The van der Waals surface area contributed by atoms with Gasteiger partial charge in [-0.3, -0.25) is 19.7 Å². The molecule has 0 unspecified atom stereocenters. The molecule has 0 saturated heterocycles. The summed E-state index contributed by atoms with van der Waals surface area (Å²) >= 11 is 0. The number of carbonyl (C=O) groups is 2. The van der Waals surface area contributed by atoms with Crippen LogP contribution in [0.2, 0.25) is 0 Å². The van der Waals surface area contributed by atoms with Crippen molar-refractivity contribution in [2.24, 2.45) is 0 Å². The normalized spacial score (nSPS) is 10.9. The van der Waals surface area contributed by atoms with Gasteiger partial charge in [0.1, 0.15) is 6.54 Å². The molecule has 0 heterocycles. The van der Waals surface area contributed by atoms with Crippen LogP contribution >= 0.6 is 0 Å². The Morgan fingerprint density at radius 2 is 1.75 bits per heavy atom. The molecule has 1 aromatic carbocycles. The Labute approximate surface area is 116 Å². The fraction of sp³-hybridized carbons (Fsp3) is 0.385. The van der Waals surface area contributed by atoms with E-state index in [-0.39, 0.29) is 11.3 Å². The number of carboxylic acid groups (broad SMARTS) is 1. The zero-order valence-corrected chi connectivity index (χ0v) is 11.5. The molecule has 0 spiro atoms. The summed E-state index contributed by atoms with van der Waals surface area (Å²) in [6.07, 6.45) is 0. The predicted octanol–water partition coefficient (Wildman–Crippen LogP) is 1.92. The van der Waals surface area contributed by atoms with Gasteiger partial charge in [-0.1, -0.05) is 0 Å². The molecule has 0 aromatic heterocycles. The second-order valence-corrected chi connectivity index (χ2v) is 5.26. The number of non-ortho nitro benzene ring substituents is 1. The zero-order chi connectivity index (χ0) is 15.5. The number of benzene rings is 1. The molecule has 0 aliphatic rings. The average Bonchev–Trinajstić information content (AvgIpc) is 2.33. The topological polar surface area (TPSA) is 101 Å². The van der Waals surface area contributed by atoms with E-state index < -0.39 is 28.9 Å². The minimum atomic E-state index is -1.12. The predicted molar refractivity (Wildman–Crippen MR) is 71.5 cm³/mol. The fourth-order valence-electron chi connectivity index (χ4n) is 1.63. The fourth-order valence-corrected chi connectivity index (χ4v) is 1.63. The lowest BCUT2D eigenvalue weighted by molar-refractivity contribution is -0.384. The molecule has 20 heavy (non-hydrogen) atoms. The summed E-state index contributed by atoms with van der Waals surface area (Å²) in [4.78, 5) is 34.3. The summed E-state index contributed by atoms with van der Waals surface area (Å²) < 4.78 is 0. The van der Waals surface area contributed by atoms with E-state index in [1.807, 2.05) is 0 Å². The minimum absolute atomic E-state index is 0.123. The van der Waals surface area contributed by atoms with E-state index in [2.05, 4.69) is 0 Å². The van der Waals surface area contributed by atoms with E-state index in [1.165, 1.54) is 29.2 Å². The first-order valence-electron chi connectivity index (χ1n) is 5.91. The molecule has 7 nitrogen and oxygen atoms in total. The number of nitrogens with zero attached hydrogens (tertiary/aromatic N) is 2. The highest BCUT2D eigenvalue weighted by molar-refractivity contribution is 5.96. The highest BCUT2D eigenvalue weighted by Crippen LogP contribution is 2.19. The van der Waals surface area contributed by atoms with E-state index in [0.717, 1.165) is 0 Å². The first-order chi connectivity index (χ1) is 9.12. The molecule has 7 heteroatoms. The third-order valence-electron chi connectivity index (χ3n) is 2.67. The lowest BCUT2D eigenvalue weighted by Crippen LogP contribution is -2.48. The van der Waals surface area contributed by atoms with Crippen molar-refractivity contribution in [2.75, 3.05) is 6.54 Å². The van der Waals surface area contributed by atoms with Crippen LogP contribution < -0.4 is 0 Å². The highest BCUT2D eigenvalue weighted by atomic mass is 16.6. The van der Waals surface area contributed by atoms with Crippen molar-refractivity contribution in [1.29, 1.82) is 0 Å². The number of amides is 1. The average molecular weight is 280 g/mol. The molecule has 0 atom stereocenters. The van der Waals surface area contributed by atoms with Crippen molar-refractivity contribution in [1.82, 2.24) is 4.90 Å². The molecular weight excluding hydrogens is 264 g/mol. The molecule has 1 rings (SSSR count). The summed E-state index contributed by atoms with van der Waals surface area (Å²) in [5, 5.41) is 19.4. The Hall–Kier alpha value is -2.44. The van der Waals surface area contributed by atoms with E-state index in [1.54, 1.807) is 20.8 Å². The third-order valence-corrected chi connectivity index (χ3v) is 2.67. The van der Waals surface area contributed by atoms with Gasteiger partial charge in [-0.2, -0.15) is 0 Å². The van der Waals surface area contributed by atoms with Crippen molar-refractivity contribution in [3.63, 3.8) is 0 Å². The lowest BCUT2D eigenvalue weighted by atomic mass is 10.0. The van der Waals surface area contributed by atoms with Crippen molar-refractivity contribution in [3.8, 4) is 0 Å². The summed E-state index contributed by atoms with van der Waals surface area (Å²) in [6, 6.07) is 5.08. The summed E-state index contributed by atoms with van der Waals surface area (Å²) in [6.45, 7) is 4.73. The Morgan fingerprint density at radius 3 is 2.10 bits per heavy atom. The van der Waals surface area contributed by atoms with Crippen LogP contribution in [0.15, 0.2) is 24.3 Å². The second-order valence-electron chi connectivity index (χ2n) is 5.26. The number of nitro groups is 1. The standard InChI is InChI=1S/C13H16N2O5/c1-13(2,3)14(8-11(16)17)12(18)9-4-6-10(7-5-9)15(19)20/h4-7H,8H2,1-3H3,(H,16,17). The van der Waals surface area contributed by atoms with Crippen LogP contribution in [0.25, 0.3) is 0 Å². The van der Waals surface area contributed by atoms with E-state index in [0.29, 0.717) is 0 Å². The lowest BCUT2D eigenvalue weighted by Gasteiger charge is -2.34. The van der Waals surface area contributed by atoms with Crippen LogP contribution in [0.3, 0.4) is 0 Å². The number of hydrogen-bond acceptors (Lipinski definition) is 4. The van der Waals surface area contributed by atoms with Crippen LogP contribution in [-0.2, 0) is 4.79 Å². The Kier molecular flexibility index (Phi) is 4.44. The Balaban J connectivity index is 3.06. The third kappa shape index (κ3) is 3.78. The van der Waals surface area contributed by atoms with E-state index in [4.69, 9.17) is 5.11 Å². The van der Waals surface area contributed by atoms with Gasteiger partial charge in [0.25, 0.3) is 11.6 Å². The first kappa shape index (κ1) is 15.6. The maximum absolute atomic E-state index is 12.3. The first-order valence-corrected chi connectivity index (χ1v) is 5.91. The molecule has 1 aromatic rings. The molecule has 0 aliphatic heterocycles. The minimum Gasteiger partial charge on any atom is -0.480 e. The SMILES string of the molecule is CC(C)(C)N(CC(=O)O)C(=O)c1ccc([N+](=O)[O-])cc1. The zero-order valence-electron chi connectivity index (χ0n) is 11.5. The van der Waals surface area contributed by atoms with E-state index in [9.17, 15) is 19.7 Å². The molecule has 0 saturated carbocycles. The van der Waals surface area contributed by atoms with Crippen molar-refractivity contribution >= 4 is 17.6 Å². The van der Waals surface area contributed by atoms with Crippen LogP contribution in [0.5, 0.6) is 0 Å². The molecule has 0 bridgehead atoms. The number of hydrogen-bond donors (Lipinski definition) is 1. The van der Waals surface area contributed by atoms with Gasteiger partial charge in [-0.15, -0.1) is 0 Å². The number of carbonyl (C=O) groups excluding carboxylic acids is 1. The Morgan fingerprint density at radius 1 is 1.25 bits per heavy atom. The number of nitro benzene ring substituents is 1. The molecule has 0 fully saturated rings. The molecule has 1 N–H and O–H groups in total. The summed E-state index contributed by atoms with van der Waals surface area (Å²) in [5.74, 6) is -1.59. The van der Waals surface area contributed by atoms with Gasteiger partial charge in [0.2, 0.25) is 0 Å². The maximum atomic E-state index is 12.3. The van der Waals surface area contributed by atoms with Crippen molar-refractivity contribution < 1.29 is 19.6 Å². The highest BCUT2D eigenvalue weighted by Gasteiger charge is 2.29. The van der Waals surface area contributed by atoms with Crippen molar-refractivity contribution in [2.45, 2.75) is 26.3 Å². The number of carboxylic acids is 1. The molecule has 108 valence electrons. The molecule has 0 radical (unpaired) electrons. The number of rotatable bonds is 4. The van der Waals surface area contributed by atoms with Crippen LogP contribution in [0.1, 0.15) is 31.1 Å². The van der Waals surface area contributed by atoms with Crippen LogP contribution in [-0.4, -0.2) is 38.9 Å². The quantitative estimate of drug-likeness (QED) is 0.670. The molecule has 1 amide bonds. The van der Waals surface area contributed by atoms with Gasteiger partial charge in [0, 0.05) is 23.2 Å². The van der Waals surface area contributed by atoms with Gasteiger partial charge >= 0.3 is 5.97 Å². The van der Waals surface area contributed by atoms with Crippen LogP contribution in [0, 0.1) is 10.1 Å². The maximum Gasteiger partial charge on any atom is 0.323 e. The van der Waals surface area contributed by atoms with Crippen molar-refractivity contribution in [3.05, 3.63) is 39.9 Å².